The van der Waals surface area contributed by atoms with Gasteiger partial charge in [0.2, 0.25) is 0 Å². The van der Waals surface area contributed by atoms with Crippen LogP contribution in [0.5, 0.6) is 0 Å². The molecular formula is C16H17N3O3S2. The van der Waals surface area contributed by atoms with Crippen LogP contribution < -0.4 is 10.3 Å². The summed E-state index contributed by atoms with van der Waals surface area (Å²) in [6, 6.07) is 12.4. The molecular weight excluding hydrogens is 346 g/mol. The number of nitrogens with zero attached hydrogens (tertiary/aromatic N) is 2. The monoisotopic (exact) mass is 363 g/mol. The second-order valence-corrected chi connectivity index (χ2v) is 8.60. The fourth-order valence-corrected chi connectivity index (χ4v) is 4.83. The second kappa shape index (κ2) is 5.95. The maximum Gasteiger partial charge on any atom is 0.296 e. The van der Waals surface area contributed by atoms with Crippen molar-refractivity contribution in [2.45, 2.75) is 18.1 Å². The summed E-state index contributed by atoms with van der Waals surface area (Å²) >= 11 is 1.17. The molecule has 0 saturated heterocycles. The molecule has 6 nitrogen and oxygen atoms in total. The van der Waals surface area contributed by atoms with Crippen molar-refractivity contribution in [2.24, 2.45) is 7.05 Å². The van der Waals surface area contributed by atoms with Crippen LogP contribution in [0.15, 0.2) is 51.5 Å². The van der Waals surface area contributed by atoms with Gasteiger partial charge in [-0.3, -0.25) is 14.2 Å². The van der Waals surface area contributed by atoms with Gasteiger partial charge in [-0.15, -0.1) is 11.3 Å². The first-order valence-electron chi connectivity index (χ1n) is 7.24. The summed E-state index contributed by atoms with van der Waals surface area (Å²) in [5.74, 6) is 0. The third-order valence-electron chi connectivity index (χ3n) is 3.77. The molecule has 1 N–H and O–H groups in total. The first-order chi connectivity index (χ1) is 11.3. The zero-order valence-corrected chi connectivity index (χ0v) is 15.1. The van der Waals surface area contributed by atoms with E-state index in [1.807, 2.05) is 25.1 Å². The summed E-state index contributed by atoms with van der Waals surface area (Å²) in [5.41, 5.74) is 0.872. The van der Waals surface area contributed by atoms with E-state index in [4.69, 9.17) is 0 Å². The molecule has 0 aliphatic carbocycles. The third kappa shape index (κ3) is 2.78. The van der Waals surface area contributed by atoms with Crippen molar-refractivity contribution in [3.8, 4) is 5.69 Å². The maximum absolute atomic E-state index is 12.7. The molecule has 0 radical (unpaired) electrons. The maximum atomic E-state index is 12.7. The Labute approximate surface area is 144 Å². The molecule has 0 unspecified atom stereocenters. The van der Waals surface area contributed by atoms with E-state index in [0.717, 1.165) is 4.88 Å². The smallest absolute Gasteiger partial charge is 0.283 e. The second-order valence-electron chi connectivity index (χ2n) is 5.41. The van der Waals surface area contributed by atoms with Crippen molar-refractivity contribution in [1.29, 1.82) is 0 Å². The number of thiophene rings is 1. The SMILES string of the molecule is Cc1ccc(S(=O)(=O)Nc2c(C)n(C)n(-c3ccccc3)c2=O)s1. The van der Waals surface area contributed by atoms with Gasteiger partial charge in [-0.1, -0.05) is 18.2 Å². The predicted molar refractivity (Wildman–Crippen MR) is 95.6 cm³/mol. The number of hydrogen-bond donors (Lipinski definition) is 1. The van der Waals surface area contributed by atoms with Gasteiger partial charge in [-0.25, -0.2) is 13.1 Å². The minimum absolute atomic E-state index is 0.0624. The van der Waals surface area contributed by atoms with Crippen LogP contribution in [0.25, 0.3) is 5.69 Å². The lowest BCUT2D eigenvalue weighted by atomic mass is 10.3. The van der Waals surface area contributed by atoms with E-state index in [2.05, 4.69) is 4.72 Å². The molecule has 0 saturated carbocycles. The zero-order chi connectivity index (χ0) is 17.5. The van der Waals surface area contributed by atoms with Crippen LogP contribution in [-0.2, 0) is 17.1 Å². The molecule has 0 aliphatic rings. The molecule has 0 fully saturated rings. The summed E-state index contributed by atoms with van der Waals surface area (Å²) in [6.45, 7) is 3.54. The summed E-state index contributed by atoms with van der Waals surface area (Å²) < 4.78 is 30.7. The highest BCUT2D eigenvalue weighted by atomic mass is 32.2. The molecule has 0 aliphatic heterocycles. The molecule has 0 bridgehead atoms. The fraction of sp³-hybridized carbons (Fsp3) is 0.188. The fourth-order valence-electron chi connectivity index (χ4n) is 2.43. The highest BCUT2D eigenvalue weighted by Crippen LogP contribution is 2.24. The Hall–Kier alpha value is -2.32. The highest BCUT2D eigenvalue weighted by molar-refractivity contribution is 7.94. The van der Waals surface area contributed by atoms with E-state index in [9.17, 15) is 13.2 Å². The number of benzene rings is 1. The van der Waals surface area contributed by atoms with Crippen LogP contribution in [0, 0.1) is 13.8 Å². The number of aromatic nitrogens is 2. The topological polar surface area (TPSA) is 73.1 Å². The van der Waals surface area contributed by atoms with Gasteiger partial charge in [0.05, 0.1) is 11.4 Å². The number of para-hydroxylation sites is 1. The van der Waals surface area contributed by atoms with E-state index in [-0.39, 0.29) is 9.90 Å². The van der Waals surface area contributed by atoms with Gasteiger partial charge in [0.15, 0.2) is 0 Å². The average molecular weight is 363 g/mol. The molecule has 24 heavy (non-hydrogen) atoms. The number of rotatable bonds is 4. The summed E-state index contributed by atoms with van der Waals surface area (Å²) in [6.07, 6.45) is 0. The van der Waals surface area contributed by atoms with Gasteiger partial charge in [0, 0.05) is 11.9 Å². The molecule has 1 aromatic carbocycles. The lowest BCUT2D eigenvalue weighted by Crippen LogP contribution is -2.22. The molecule has 2 heterocycles. The minimum atomic E-state index is -3.78. The van der Waals surface area contributed by atoms with E-state index >= 15 is 0 Å². The van der Waals surface area contributed by atoms with Gasteiger partial charge in [0.1, 0.15) is 9.90 Å². The molecule has 2 aromatic heterocycles. The Bertz CT molecular complexity index is 1040. The van der Waals surface area contributed by atoms with Crippen molar-refractivity contribution >= 4 is 27.0 Å². The van der Waals surface area contributed by atoms with Crippen molar-refractivity contribution in [1.82, 2.24) is 9.36 Å². The number of aryl methyl sites for hydroxylation is 1. The van der Waals surface area contributed by atoms with Crippen LogP contribution in [0.1, 0.15) is 10.6 Å². The summed E-state index contributed by atoms with van der Waals surface area (Å²) in [7, 11) is -2.06. The quantitative estimate of drug-likeness (QED) is 0.774. The van der Waals surface area contributed by atoms with Crippen LogP contribution in [-0.4, -0.2) is 17.8 Å². The van der Waals surface area contributed by atoms with Gasteiger partial charge in [-0.05, 0) is 38.1 Å². The largest absolute Gasteiger partial charge is 0.296 e. The van der Waals surface area contributed by atoms with Crippen molar-refractivity contribution in [3.63, 3.8) is 0 Å². The molecule has 3 rings (SSSR count). The predicted octanol–water partition coefficient (Wildman–Crippen LogP) is 2.66. The normalized spacial score (nSPS) is 11.6. The Kier molecular flexibility index (Phi) is 4.10. The lowest BCUT2D eigenvalue weighted by molar-refractivity contribution is 0.603. The van der Waals surface area contributed by atoms with Crippen molar-refractivity contribution < 1.29 is 8.42 Å². The molecule has 0 amide bonds. The lowest BCUT2D eigenvalue weighted by Gasteiger charge is -2.07. The molecule has 126 valence electrons. The Morgan fingerprint density at radius 3 is 2.29 bits per heavy atom. The standard InChI is InChI=1S/C16H17N3O3S2/c1-11-9-10-14(23-11)24(21,22)17-15-12(2)18(3)19(16(15)20)13-7-5-4-6-8-13/h4-10,17H,1-3H3. The number of sulfonamides is 1. The van der Waals surface area contributed by atoms with Crippen molar-refractivity contribution in [2.75, 3.05) is 4.72 Å². The number of anilines is 1. The van der Waals surface area contributed by atoms with Gasteiger partial charge >= 0.3 is 0 Å². The number of hydrogen-bond acceptors (Lipinski definition) is 4. The van der Waals surface area contributed by atoms with E-state index < -0.39 is 15.6 Å². The first-order valence-corrected chi connectivity index (χ1v) is 9.54. The Balaban J connectivity index is 2.09. The highest BCUT2D eigenvalue weighted by Gasteiger charge is 2.23. The van der Waals surface area contributed by atoms with Crippen LogP contribution in [0.4, 0.5) is 5.69 Å². The van der Waals surface area contributed by atoms with Gasteiger partial charge in [0.25, 0.3) is 15.6 Å². The Morgan fingerprint density at radius 1 is 1.04 bits per heavy atom. The minimum Gasteiger partial charge on any atom is -0.283 e. The molecule has 3 aromatic rings. The first kappa shape index (κ1) is 16.5. The van der Waals surface area contributed by atoms with Crippen LogP contribution in [0.3, 0.4) is 0 Å². The summed E-state index contributed by atoms with van der Waals surface area (Å²) in [4.78, 5) is 13.6. The Morgan fingerprint density at radius 2 is 1.71 bits per heavy atom. The van der Waals surface area contributed by atoms with Gasteiger partial charge < -0.3 is 0 Å². The average Bonchev–Trinajstić information content (AvgIpc) is 3.07. The summed E-state index contributed by atoms with van der Waals surface area (Å²) in [5, 5.41) is 0. The van der Waals surface area contributed by atoms with E-state index in [1.54, 1.807) is 36.9 Å². The van der Waals surface area contributed by atoms with Gasteiger partial charge in [-0.2, -0.15) is 0 Å². The van der Waals surface area contributed by atoms with Crippen molar-refractivity contribution in [3.05, 3.63) is 63.4 Å². The zero-order valence-electron chi connectivity index (χ0n) is 13.5. The third-order valence-corrected chi connectivity index (χ3v) is 6.61. The molecule has 0 spiro atoms. The van der Waals surface area contributed by atoms with Crippen LogP contribution >= 0.6 is 11.3 Å². The number of nitrogens with one attached hydrogen (secondary N) is 1. The van der Waals surface area contributed by atoms with E-state index in [0.29, 0.717) is 11.4 Å². The molecule has 0 atom stereocenters. The molecule has 8 heteroatoms. The van der Waals surface area contributed by atoms with Crippen LogP contribution in [0.2, 0.25) is 0 Å². The van der Waals surface area contributed by atoms with E-state index in [1.165, 1.54) is 22.1 Å².